The lowest BCUT2D eigenvalue weighted by Gasteiger charge is -2.38. The van der Waals surface area contributed by atoms with E-state index in [1.165, 1.54) is 0 Å². The Labute approximate surface area is 75.1 Å². The predicted octanol–water partition coefficient (Wildman–Crippen LogP) is 0.249. The molecule has 1 aliphatic heterocycles. The number of rotatable bonds is 1. The molecule has 0 amide bonds. The minimum absolute atomic E-state index is 0.181. The van der Waals surface area contributed by atoms with Gasteiger partial charge in [0, 0.05) is 12.6 Å². The lowest BCUT2D eigenvalue weighted by molar-refractivity contribution is -0.175. The fourth-order valence-corrected chi connectivity index (χ4v) is 1.62. The Balaban J connectivity index is 2.65. The topological polar surface area (TPSA) is 36.1 Å². The van der Waals surface area contributed by atoms with E-state index in [1.54, 1.807) is 14.0 Å². The van der Waals surface area contributed by atoms with Crippen LogP contribution >= 0.6 is 0 Å². The second kappa shape index (κ2) is 3.81. The summed E-state index contributed by atoms with van der Waals surface area (Å²) in [6.07, 6.45) is -4.45. The van der Waals surface area contributed by atoms with Crippen molar-refractivity contribution in [1.82, 2.24) is 16.0 Å². The van der Waals surface area contributed by atoms with E-state index in [1.807, 2.05) is 0 Å². The number of hydrogen-bond donors (Lipinski definition) is 3. The molecule has 13 heavy (non-hydrogen) atoms. The van der Waals surface area contributed by atoms with Crippen molar-refractivity contribution in [2.75, 3.05) is 13.7 Å². The van der Waals surface area contributed by atoms with Gasteiger partial charge in [-0.15, -0.1) is 0 Å². The van der Waals surface area contributed by atoms with Crippen molar-refractivity contribution < 1.29 is 13.2 Å². The van der Waals surface area contributed by atoms with Gasteiger partial charge in [-0.25, -0.2) is 0 Å². The first-order chi connectivity index (χ1) is 5.96. The van der Waals surface area contributed by atoms with Gasteiger partial charge in [0.25, 0.3) is 0 Å². The molecular formula is C7H14F3N3. The molecule has 78 valence electrons. The Morgan fingerprint density at radius 3 is 2.38 bits per heavy atom. The normalized spacial score (nSPS) is 36.2. The van der Waals surface area contributed by atoms with Crippen LogP contribution in [0.1, 0.15) is 6.92 Å². The molecule has 3 N–H and O–H groups in total. The summed E-state index contributed by atoms with van der Waals surface area (Å²) < 4.78 is 37.1. The molecule has 1 fully saturated rings. The third kappa shape index (κ3) is 2.32. The molecular weight excluding hydrogens is 183 g/mol. The molecule has 0 aromatic carbocycles. The van der Waals surface area contributed by atoms with Crippen LogP contribution in [0.15, 0.2) is 0 Å². The van der Waals surface area contributed by atoms with Crippen molar-refractivity contribution in [2.45, 2.75) is 25.3 Å². The Morgan fingerprint density at radius 2 is 1.92 bits per heavy atom. The molecule has 0 radical (unpaired) electrons. The highest BCUT2D eigenvalue weighted by Crippen LogP contribution is 2.27. The molecule has 1 aliphatic rings. The standard InChI is InChI=1S/C7H14F3N3/c1-4-5(7(8,9)10)12-3-13-6(4)11-2/h4-6,11-13H,3H2,1-2H3. The summed E-state index contributed by atoms with van der Waals surface area (Å²) in [6.45, 7) is 1.75. The quantitative estimate of drug-likeness (QED) is 0.564. The molecule has 6 heteroatoms. The lowest BCUT2D eigenvalue weighted by atomic mass is 9.96. The molecule has 0 bridgehead atoms. The van der Waals surface area contributed by atoms with E-state index in [4.69, 9.17) is 0 Å². The molecule has 3 atom stereocenters. The van der Waals surface area contributed by atoms with Gasteiger partial charge in [0.05, 0.1) is 6.17 Å². The van der Waals surface area contributed by atoms with Gasteiger partial charge in [-0.05, 0) is 7.05 Å². The number of alkyl halides is 3. The maximum Gasteiger partial charge on any atom is 0.404 e. The zero-order valence-corrected chi connectivity index (χ0v) is 7.57. The Bertz CT molecular complexity index is 171. The molecule has 1 heterocycles. The summed E-state index contributed by atoms with van der Waals surface area (Å²) in [7, 11) is 1.65. The monoisotopic (exact) mass is 197 g/mol. The minimum Gasteiger partial charge on any atom is -0.305 e. The van der Waals surface area contributed by atoms with Crippen LogP contribution in [-0.4, -0.2) is 32.1 Å². The van der Waals surface area contributed by atoms with Crippen molar-refractivity contribution in [1.29, 1.82) is 0 Å². The Kier molecular flexibility index (Phi) is 3.15. The van der Waals surface area contributed by atoms with Crippen LogP contribution in [0, 0.1) is 5.92 Å². The molecule has 1 rings (SSSR count). The summed E-state index contributed by atoms with van der Waals surface area (Å²) >= 11 is 0. The SMILES string of the molecule is CNC1NCNC(C(F)(F)F)C1C. The van der Waals surface area contributed by atoms with Crippen molar-refractivity contribution in [3.63, 3.8) is 0 Å². The van der Waals surface area contributed by atoms with Crippen LogP contribution in [0.2, 0.25) is 0 Å². The first-order valence-corrected chi connectivity index (χ1v) is 4.17. The predicted molar refractivity (Wildman–Crippen MR) is 43.0 cm³/mol. The molecule has 0 aromatic rings. The number of hydrogen-bond acceptors (Lipinski definition) is 3. The van der Waals surface area contributed by atoms with Gasteiger partial charge in [0.15, 0.2) is 0 Å². The number of halogens is 3. The van der Waals surface area contributed by atoms with Crippen LogP contribution in [0.25, 0.3) is 0 Å². The van der Waals surface area contributed by atoms with E-state index >= 15 is 0 Å². The fraction of sp³-hybridized carbons (Fsp3) is 1.00. The zero-order chi connectivity index (χ0) is 10.1. The maximum atomic E-state index is 12.4. The second-order valence-electron chi connectivity index (χ2n) is 3.23. The minimum atomic E-state index is -4.17. The third-order valence-electron chi connectivity index (χ3n) is 2.36. The maximum absolute atomic E-state index is 12.4. The van der Waals surface area contributed by atoms with Crippen LogP contribution in [0.4, 0.5) is 13.2 Å². The van der Waals surface area contributed by atoms with Crippen LogP contribution < -0.4 is 16.0 Å². The average Bonchev–Trinajstić information content (AvgIpc) is 2.02. The van der Waals surface area contributed by atoms with Gasteiger partial charge in [0.1, 0.15) is 6.04 Å². The third-order valence-corrected chi connectivity index (χ3v) is 2.36. The molecule has 0 aliphatic carbocycles. The van der Waals surface area contributed by atoms with Crippen molar-refractivity contribution >= 4 is 0 Å². The summed E-state index contributed by atoms with van der Waals surface area (Å²) in [5.41, 5.74) is 0. The van der Waals surface area contributed by atoms with Crippen LogP contribution in [-0.2, 0) is 0 Å². The smallest absolute Gasteiger partial charge is 0.305 e. The second-order valence-corrected chi connectivity index (χ2v) is 3.23. The zero-order valence-electron chi connectivity index (χ0n) is 7.57. The van der Waals surface area contributed by atoms with Gasteiger partial charge in [-0.1, -0.05) is 6.92 Å². The van der Waals surface area contributed by atoms with E-state index in [9.17, 15) is 13.2 Å². The number of nitrogens with one attached hydrogen (secondary N) is 3. The Morgan fingerprint density at radius 1 is 1.31 bits per heavy atom. The fourth-order valence-electron chi connectivity index (χ4n) is 1.62. The van der Waals surface area contributed by atoms with Gasteiger partial charge in [0.2, 0.25) is 0 Å². The van der Waals surface area contributed by atoms with Gasteiger partial charge in [-0.3, -0.25) is 10.6 Å². The van der Waals surface area contributed by atoms with E-state index in [0.717, 1.165) is 0 Å². The first kappa shape index (κ1) is 10.7. The van der Waals surface area contributed by atoms with Crippen LogP contribution in [0.3, 0.4) is 0 Å². The van der Waals surface area contributed by atoms with Crippen molar-refractivity contribution in [3.05, 3.63) is 0 Å². The molecule has 3 nitrogen and oxygen atoms in total. The van der Waals surface area contributed by atoms with Crippen molar-refractivity contribution in [3.8, 4) is 0 Å². The lowest BCUT2D eigenvalue weighted by Crippen LogP contribution is -2.64. The van der Waals surface area contributed by atoms with E-state index in [0.29, 0.717) is 0 Å². The summed E-state index contributed by atoms with van der Waals surface area (Å²) in [6, 6.07) is -1.42. The van der Waals surface area contributed by atoms with E-state index in [2.05, 4.69) is 16.0 Å². The highest BCUT2D eigenvalue weighted by atomic mass is 19.4. The summed E-state index contributed by atoms with van der Waals surface area (Å²) in [4.78, 5) is 0. The van der Waals surface area contributed by atoms with Crippen LogP contribution in [0.5, 0.6) is 0 Å². The molecule has 3 unspecified atom stereocenters. The Hall–Kier alpha value is -0.330. The summed E-state index contributed by atoms with van der Waals surface area (Å²) in [5, 5.41) is 8.10. The summed E-state index contributed by atoms with van der Waals surface area (Å²) in [5.74, 6) is -0.515. The highest BCUT2D eigenvalue weighted by Gasteiger charge is 2.46. The molecule has 1 saturated heterocycles. The van der Waals surface area contributed by atoms with Gasteiger partial charge in [-0.2, -0.15) is 13.2 Å². The average molecular weight is 197 g/mol. The molecule has 0 aromatic heterocycles. The molecule has 0 spiro atoms. The molecule has 0 saturated carbocycles. The van der Waals surface area contributed by atoms with Crippen molar-refractivity contribution in [2.24, 2.45) is 5.92 Å². The first-order valence-electron chi connectivity index (χ1n) is 4.17. The van der Waals surface area contributed by atoms with Gasteiger partial charge >= 0.3 is 6.18 Å². The van der Waals surface area contributed by atoms with E-state index in [-0.39, 0.29) is 12.8 Å². The van der Waals surface area contributed by atoms with E-state index < -0.39 is 18.1 Å². The largest absolute Gasteiger partial charge is 0.404 e. The highest BCUT2D eigenvalue weighted by molar-refractivity contribution is 4.89. The van der Waals surface area contributed by atoms with Gasteiger partial charge < -0.3 is 5.32 Å².